The van der Waals surface area contributed by atoms with Gasteiger partial charge in [-0.1, -0.05) is 26.0 Å². The maximum Gasteiger partial charge on any atom is 0.216 e. The molecule has 0 aliphatic carbocycles. The second-order valence-corrected chi connectivity index (χ2v) is 5.46. The zero-order valence-corrected chi connectivity index (χ0v) is 11.9. The molecule has 0 saturated carbocycles. The van der Waals surface area contributed by atoms with Crippen LogP contribution in [0.3, 0.4) is 0 Å². The van der Waals surface area contributed by atoms with Crippen LogP contribution in [-0.2, 0) is 11.3 Å². The van der Waals surface area contributed by atoms with E-state index in [2.05, 4.69) is 36.1 Å². The topological polar surface area (TPSA) is 39.4 Å². The molecule has 1 aliphatic rings. The van der Waals surface area contributed by atoms with E-state index in [1.165, 1.54) is 5.56 Å². The number of benzene rings is 1. The molecule has 1 atom stereocenters. The van der Waals surface area contributed by atoms with Gasteiger partial charge in [0.2, 0.25) is 5.90 Å². The number of aliphatic imine (C=N–C) groups is 1. The third kappa shape index (κ3) is 2.74. The lowest BCUT2D eigenvalue weighted by Crippen LogP contribution is -2.13. The minimum atomic E-state index is 0.278. The van der Waals surface area contributed by atoms with Crippen LogP contribution in [0.2, 0.25) is 0 Å². The summed E-state index contributed by atoms with van der Waals surface area (Å²) in [5, 5.41) is 4.23. The molecule has 2 heterocycles. The van der Waals surface area contributed by atoms with Crippen LogP contribution in [-0.4, -0.2) is 28.3 Å². The molecular weight excluding hydrogens is 250 g/mol. The molecule has 0 bridgehead atoms. The first-order valence-electron chi connectivity index (χ1n) is 7.00. The van der Waals surface area contributed by atoms with Crippen molar-refractivity contribution in [1.29, 1.82) is 0 Å². The molecule has 0 fully saturated rings. The van der Waals surface area contributed by atoms with Gasteiger partial charge in [0.1, 0.15) is 6.61 Å². The van der Waals surface area contributed by atoms with E-state index in [-0.39, 0.29) is 6.04 Å². The van der Waals surface area contributed by atoms with Crippen molar-refractivity contribution >= 4 is 5.90 Å². The fourth-order valence-electron chi connectivity index (χ4n) is 2.27. The smallest absolute Gasteiger partial charge is 0.216 e. The Labute approximate surface area is 119 Å². The third-order valence-electron chi connectivity index (χ3n) is 3.52. The van der Waals surface area contributed by atoms with Crippen LogP contribution in [0.15, 0.2) is 47.7 Å². The highest BCUT2D eigenvalue weighted by molar-refractivity contribution is 5.95. The molecule has 0 N–H and O–H groups in total. The highest BCUT2D eigenvalue weighted by atomic mass is 16.5. The Kier molecular flexibility index (Phi) is 3.54. The van der Waals surface area contributed by atoms with Crippen LogP contribution < -0.4 is 0 Å². The van der Waals surface area contributed by atoms with Gasteiger partial charge in [-0.2, -0.15) is 5.10 Å². The summed E-state index contributed by atoms with van der Waals surface area (Å²) in [5.41, 5.74) is 2.25. The average molecular weight is 269 g/mol. The molecule has 1 aromatic heterocycles. The number of hydrogen-bond donors (Lipinski definition) is 0. The highest BCUT2D eigenvalue weighted by Gasteiger charge is 2.22. The van der Waals surface area contributed by atoms with Crippen molar-refractivity contribution in [2.45, 2.75) is 26.4 Å². The fourth-order valence-corrected chi connectivity index (χ4v) is 2.27. The fraction of sp³-hybridized carbons (Fsp3) is 0.375. The second-order valence-electron chi connectivity index (χ2n) is 5.46. The van der Waals surface area contributed by atoms with Crippen molar-refractivity contribution in [1.82, 2.24) is 9.78 Å². The van der Waals surface area contributed by atoms with E-state index in [1.54, 1.807) is 6.20 Å². The molecule has 0 saturated heterocycles. The van der Waals surface area contributed by atoms with Gasteiger partial charge in [-0.15, -0.1) is 0 Å². The van der Waals surface area contributed by atoms with Gasteiger partial charge in [0, 0.05) is 18.0 Å². The molecular formula is C16H19N3O. The standard InChI is InChI=1S/C16H19N3O/c1-12(2)15-11-20-16(18-15)14-6-3-5-13(9-14)10-19-8-4-7-17-19/h3-9,12,15H,10-11H2,1-2H3/t15-/m1/s1. The Hall–Kier alpha value is -2.10. The third-order valence-corrected chi connectivity index (χ3v) is 3.52. The van der Waals surface area contributed by atoms with Crippen LogP contribution in [0.5, 0.6) is 0 Å². The minimum Gasteiger partial charge on any atom is -0.475 e. The summed E-state index contributed by atoms with van der Waals surface area (Å²) >= 11 is 0. The normalized spacial score (nSPS) is 18.1. The molecule has 4 heteroatoms. The van der Waals surface area contributed by atoms with Crippen molar-refractivity contribution in [3.63, 3.8) is 0 Å². The van der Waals surface area contributed by atoms with Crippen molar-refractivity contribution in [3.05, 3.63) is 53.9 Å². The highest BCUT2D eigenvalue weighted by Crippen LogP contribution is 2.18. The van der Waals surface area contributed by atoms with E-state index in [0.29, 0.717) is 12.5 Å². The molecule has 0 spiro atoms. The lowest BCUT2D eigenvalue weighted by molar-refractivity contribution is 0.292. The molecule has 1 aliphatic heterocycles. The molecule has 2 aromatic rings. The van der Waals surface area contributed by atoms with Gasteiger partial charge in [0.05, 0.1) is 12.6 Å². The van der Waals surface area contributed by atoms with Crippen molar-refractivity contribution < 1.29 is 4.74 Å². The molecule has 0 radical (unpaired) electrons. The van der Waals surface area contributed by atoms with Crippen molar-refractivity contribution in [2.75, 3.05) is 6.61 Å². The Morgan fingerprint density at radius 2 is 2.25 bits per heavy atom. The lowest BCUT2D eigenvalue weighted by Gasteiger charge is -2.06. The maximum absolute atomic E-state index is 5.73. The van der Waals surface area contributed by atoms with Gasteiger partial charge < -0.3 is 4.74 Å². The zero-order chi connectivity index (χ0) is 13.9. The number of rotatable bonds is 4. The Morgan fingerprint density at radius 3 is 2.95 bits per heavy atom. The van der Waals surface area contributed by atoms with E-state index < -0.39 is 0 Å². The van der Waals surface area contributed by atoms with Gasteiger partial charge in [-0.25, -0.2) is 4.99 Å². The predicted molar refractivity (Wildman–Crippen MR) is 78.9 cm³/mol. The molecule has 104 valence electrons. The summed E-state index contributed by atoms with van der Waals surface area (Å²) in [7, 11) is 0. The van der Waals surface area contributed by atoms with Gasteiger partial charge in [-0.3, -0.25) is 4.68 Å². The first kappa shape index (κ1) is 12.9. The SMILES string of the molecule is CC(C)[C@H]1COC(c2cccc(Cn3cccn3)c2)=N1. The molecule has 1 aromatic carbocycles. The summed E-state index contributed by atoms with van der Waals surface area (Å²) in [6, 6.07) is 10.5. The van der Waals surface area contributed by atoms with Crippen molar-refractivity contribution in [2.24, 2.45) is 10.9 Å². The number of aromatic nitrogens is 2. The van der Waals surface area contributed by atoms with Crippen LogP contribution in [0.4, 0.5) is 0 Å². The predicted octanol–water partition coefficient (Wildman–Crippen LogP) is 2.73. The zero-order valence-electron chi connectivity index (χ0n) is 11.9. The number of nitrogens with zero attached hydrogens (tertiary/aromatic N) is 3. The molecule has 3 rings (SSSR count). The van der Waals surface area contributed by atoms with E-state index in [0.717, 1.165) is 18.0 Å². The van der Waals surface area contributed by atoms with Crippen LogP contribution in [0.25, 0.3) is 0 Å². The average Bonchev–Trinajstić information content (AvgIpc) is 3.09. The second kappa shape index (κ2) is 5.49. The largest absolute Gasteiger partial charge is 0.475 e. The maximum atomic E-state index is 5.73. The number of hydrogen-bond acceptors (Lipinski definition) is 3. The molecule has 4 nitrogen and oxygen atoms in total. The summed E-state index contributed by atoms with van der Waals surface area (Å²) in [5.74, 6) is 1.28. The first-order valence-corrected chi connectivity index (χ1v) is 7.00. The summed E-state index contributed by atoms with van der Waals surface area (Å²) in [6.45, 7) is 5.81. The van der Waals surface area contributed by atoms with E-state index in [9.17, 15) is 0 Å². The lowest BCUT2D eigenvalue weighted by atomic mass is 10.1. The van der Waals surface area contributed by atoms with E-state index in [4.69, 9.17) is 4.74 Å². The van der Waals surface area contributed by atoms with Crippen LogP contribution in [0, 0.1) is 5.92 Å². The van der Waals surface area contributed by atoms with Crippen LogP contribution in [0.1, 0.15) is 25.0 Å². The Morgan fingerprint density at radius 1 is 1.35 bits per heavy atom. The minimum absolute atomic E-state index is 0.278. The first-order chi connectivity index (χ1) is 9.72. The van der Waals surface area contributed by atoms with Gasteiger partial charge in [-0.05, 0) is 29.7 Å². The quantitative estimate of drug-likeness (QED) is 0.856. The van der Waals surface area contributed by atoms with E-state index >= 15 is 0 Å². The summed E-state index contributed by atoms with van der Waals surface area (Å²) in [4.78, 5) is 4.67. The van der Waals surface area contributed by atoms with E-state index in [1.807, 2.05) is 29.1 Å². The Bertz CT molecular complexity index is 602. The van der Waals surface area contributed by atoms with Crippen LogP contribution >= 0.6 is 0 Å². The van der Waals surface area contributed by atoms with Gasteiger partial charge in [0.15, 0.2) is 0 Å². The molecule has 20 heavy (non-hydrogen) atoms. The molecule has 0 amide bonds. The van der Waals surface area contributed by atoms with Gasteiger partial charge in [0.25, 0.3) is 0 Å². The van der Waals surface area contributed by atoms with Gasteiger partial charge >= 0.3 is 0 Å². The Balaban J connectivity index is 1.80. The summed E-state index contributed by atoms with van der Waals surface area (Å²) in [6.07, 6.45) is 3.76. The van der Waals surface area contributed by atoms with Crippen molar-refractivity contribution in [3.8, 4) is 0 Å². The molecule has 0 unspecified atom stereocenters. The summed E-state index contributed by atoms with van der Waals surface area (Å²) < 4.78 is 7.64. The number of ether oxygens (including phenoxy) is 1. The monoisotopic (exact) mass is 269 g/mol.